The molecule has 0 bridgehead atoms. The predicted octanol–water partition coefficient (Wildman–Crippen LogP) is 3.25. The smallest absolute Gasteiger partial charge is 0.269 e. The number of benzene rings is 2. The van der Waals surface area contributed by atoms with E-state index in [0.717, 1.165) is 28.7 Å². The van der Waals surface area contributed by atoms with Gasteiger partial charge in [-0.15, -0.1) is 0 Å². The lowest BCUT2D eigenvalue weighted by molar-refractivity contribution is 0.0981. The van der Waals surface area contributed by atoms with Crippen LogP contribution in [0.3, 0.4) is 0 Å². The van der Waals surface area contributed by atoms with Crippen LogP contribution >= 0.6 is 11.8 Å². The first-order valence-electron chi connectivity index (χ1n) is 7.15. The second kappa shape index (κ2) is 6.66. The molecular weight excluding hydrogens is 294 g/mol. The van der Waals surface area contributed by atoms with Crippen LogP contribution < -0.4 is 10.4 Å². The lowest BCUT2D eigenvalue weighted by Gasteiger charge is -2.25. The molecule has 5 heteroatoms. The van der Waals surface area contributed by atoms with E-state index in [4.69, 9.17) is 0 Å². The Hall–Kier alpha value is -2.27. The molecule has 0 aromatic heterocycles. The van der Waals surface area contributed by atoms with E-state index in [1.54, 1.807) is 16.8 Å². The fourth-order valence-electron chi connectivity index (χ4n) is 2.24. The van der Waals surface area contributed by atoms with Crippen LogP contribution in [-0.4, -0.2) is 23.4 Å². The first-order valence-corrected chi connectivity index (χ1v) is 8.13. The molecule has 0 spiro atoms. The third-order valence-corrected chi connectivity index (χ3v) is 4.25. The van der Waals surface area contributed by atoms with Crippen molar-refractivity contribution in [1.29, 1.82) is 0 Å². The topological polar surface area (TPSA) is 44.7 Å². The zero-order valence-electron chi connectivity index (χ0n) is 12.3. The van der Waals surface area contributed by atoms with Crippen LogP contribution in [0.2, 0.25) is 0 Å². The number of rotatable bonds is 2. The second-order valence-corrected chi connectivity index (χ2v) is 6.02. The van der Waals surface area contributed by atoms with Crippen LogP contribution in [0.4, 0.5) is 5.69 Å². The van der Waals surface area contributed by atoms with Gasteiger partial charge in [0, 0.05) is 11.3 Å². The number of carbonyl (C=O) groups excluding carboxylic acids is 1. The van der Waals surface area contributed by atoms with E-state index in [1.807, 2.05) is 61.5 Å². The molecule has 0 saturated carbocycles. The van der Waals surface area contributed by atoms with E-state index in [1.165, 1.54) is 0 Å². The van der Waals surface area contributed by atoms with Gasteiger partial charge in [0.15, 0.2) is 5.17 Å². The predicted molar refractivity (Wildman–Crippen MR) is 92.3 cm³/mol. The Morgan fingerprint density at radius 2 is 1.86 bits per heavy atom. The minimum atomic E-state index is -0.0925. The molecule has 0 fully saturated rings. The maximum absolute atomic E-state index is 12.9. The van der Waals surface area contributed by atoms with Crippen LogP contribution in [0.1, 0.15) is 15.9 Å². The summed E-state index contributed by atoms with van der Waals surface area (Å²) >= 11 is 1.63. The number of amidine groups is 1. The van der Waals surface area contributed by atoms with Gasteiger partial charge < -0.3 is 0 Å². The lowest BCUT2D eigenvalue weighted by atomic mass is 10.1. The average Bonchev–Trinajstić information content (AvgIpc) is 3.07. The molecule has 1 heterocycles. The van der Waals surface area contributed by atoms with Gasteiger partial charge in [0.1, 0.15) is 0 Å². The van der Waals surface area contributed by atoms with Gasteiger partial charge in [-0.25, -0.2) is 5.01 Å². The van der Waals surface area contributed by atoms with Crippen molar-refractivity contribution < 1.29 is 4.79 Å². The summed E-state index contributed by atoms with van der Waals surface area (Å²) in [5.41, 5.74) is 5.68. The van der Waals surface area contributed by atoms with Gasteiger partial charge in [-0.3, -0.25) is 15.2 Å². The quantitative estimate of drug-likeness (QED) is 0.866. The van der Waals surface area contributed by atoms with Crippen molar-refractivity contribution in [3.05, 3.63) is 65.7 Å². The summed E-state index contributed by atoms with van der Waals surface area (Å²) in [4.78, 5) is 17.3. The monoisotopic (exact) mass is 311 g/mol. The van der Waals surface area contributed by atoms with Gasteiger partial charge in [0.25, 0.3) is 5.91 Å². The second-order valence-electron chi connectivity index (χ2n) is 4.94. The SMILES string of the molecule is Cc1ccccc1N(NC1=NCCS1)C(=O)c1ccccc1. The molecule has 0 atom stereocenters. The van der Waals surface area contributed by atoms with Gasteiger partial charge in [0.2, 0.25) is 0 Å². The molecule has 112 valence electrons. The number of hydrogen-bond acceptors (Lipinski definition) is 4. The molecule has 2 aromatic carbocycles. The zero-order valence-corrected chi connectivity index (χ0v) is 13.1. The highest BCUT2D eigenvalue weighted by molar-refractivity contribution is 8.14. The van der Waals surface area contributed by atoms with E-state index < -0.39 is 0 Å². The number of aliphatic imine (C=N–C) groups is 1. The molecule has 0 saturated heterocycles. The molecule has 0 aliphatic carbocycles. The van der Waals surface area contributed by atoms with Gasteiger partial charge in [-0.2, -0.15) is 0 Å². The highest BCUT2D eigenvalue weighted by Crippen LogP contribution is 2.21. The average molecular weight is 311 g/mol. The fraction of sp³-hybridized carbons (Fsp3) is 0.176. The minimum absolute atomic E-state index is 0.0925. The number of nitrogens with zero attached hydrogens (tertiary/aromatic N) is 2. The third kappa shape index (κ3) is 3.14. The minimum Gasteiger partial charge on any atom is -0.269 e. The standard InChI is InChI=1S/C17H17N3OS/c1-13-7-5-6-10-15(13)20(19-17-18-11-12-22-17)16(21)14-8-3-2-4-9-14/h2-10H,11-12H2,1H3,(H,18,19). The Balaban J connectivity index is 1.95. The molecule has 22 heavy (non-hydrogen) atoms. The molecule has 3 rings (SSSR count). The van der Waals surface area contributed by atoms with E-state index in [9.17, 15) is 4.79 Å². The molecule has 1 amide bonds. The number of nitrogens with one attached hydrogen (secondary N) is 1. The lowest BCUT2D eigenvalue weighted by Crippen LogP contribution is -2.45. The van der Waals surface area contributed by atoms with Crippen LogP contribution in [-0.2, 0) is 0 Å². The van der Waals surface area contributed by atoms with E-state index in [2.05, 4.69) is 10.4 Å². The number of hydrazine groups is 1. The summed E-state index contributed by atoms with van der Waals surface area (Å²) in [6.45, 7) is 2.78. The maximum atomic E-state index is 12.9. The van der Waals surface area contributed by atoms with E-state index >= 15 is 0 Å². The largest absolute Gasteiger partial charge is 0.276 e. The zero-order chi connectivity index (χ0) is 15.4. The number of carbonyl (C=O) groups is 1. The molecule has 0 unspecified atom stereocenters. The van der Waals surface area contributed by atoms with Crippen molar-refractivity contribution >= 4 is 28.5 Å². The first-order chi connectivity index (χ1) is 10.8. The Bertz CT molecular complexity index is 700. The van der Waals surface area contributed by atoms with E-state index in [0.29, 0.717) is 5.56 Å². The molecule has 4 nitrogen and oxygen atoms in total. The van der Waals surface area contributed by atoms with Crippen molar-refractivity contribution in [2.45, 2.75) is 6.92 Å². The number of aryl methyl sites for hydroxylation is 1. The summed E-state index contributed by atoms with van der Waals surface area (Å²) in [5, 5.41) is 2.37. The van der Waals surface area contributed by atoms with Gasteiger partial charge in [-0.1, -0.05) is 48.2 Å². The fourth-order valence-corrected chi connectivity index (χ4v) is 2.96. The number of hydrogen-bond donors (Lipinski definition) is 1. The molecular formula is C17H17N3OS. The van der Waals surface area contributed by atoms with Crippen molar-refractivity contribution in [2.75, 3.05) is 17.3 Å². The van der Waals surface area contributed by atoms with Crippen molar-refractivity contribution in [2.24, 2.45) is 4.99 Å². The van der Waals surface area contributed by atoms with Gasteiger partial charge in [-0.05, 0) is 30.7 Å². The summed E-state index contributed by atoms with van der Waals surface area (Å²) in [5.74, 6) is 0.855. The Kier molecular flexibility index (Phi) is 4.44. The van der Waals surface area contributed by atoms with Crippen LogP contribution in [0.15, 0.2) is 59.6 Å². The number of para-hydroxylation sites is 1. The summed E-state index contributed by atoms with van der Waals surface area (Å²) < 4.78 is 0. The van der Waals surface area contributed by atoms with Crippen molar-refractivity contribution in [1.82, 2.24) is 5.43 Å². The molecule has 2 aromatic rings. The Morgan fingerprint density at radius 1 is 1.14 bits per heavy atom. The molecule has 1 aliphatic heterocycles. The Labute approximate surface area is 134 Å². The number of amides is 1. The summed E-state index contributed by atoms with van der Waals surface area (Å²) in [6, 6.07) is 17.1. The Morgan fingerprint density at radius 3 is 2.55 bits per heavy atom. The van der Waals surface area contributed by atoms with Crippen LogP contribution in [0.25, 0.3) is 0 Å². The number of anilines is 1. The highest BCUT2D eigenvalue weighted by atomic mass is 32.2. The van der Waals surface area contributed by atoms with Crippen molar-refractivity contribution in [3.63, 3.8) is 0 Å². The van der Waals surface area contributed by atoms with Gasteiger partial charge >= 0.3 is 0 Å². The highest BCUT2D eigenvalue weighted by Gasteiger charge is 2.21. The van der Waals surface area contributed by atoms with Gasteiger partial charge in [0.05, 0.1) is 12.2 Å². The van der Waals surface area contributed by atoms with Crippen LogP contribution in [0.5, 0.6) is 0 Å². The van der Waals surface area contributed by atoms with Crippen LogP contribution in [0, 0.1) is 6.92 Å². The number of thioether (sulfide) groups is 1. The van der Waals surface area contributed by atoms with E-state index in [-0.39, 0.29) is 5.91 Å². The maximum Gasteiger partial charge on any atom is 0.276 e. The molecule has 1 N–H and O–H groups in total. The molecule has 1 aliphatic rings. The third-order valence-electron chi connectivity index (χ3n) is 3.37. The van der Waals surface area contributed by atoms with Crippen molar-refractivity contribution in [3.8, 4) is 0 Å². The normalized spacial score (nSPS) is 13.6. The molecule has 0 radical (unpaired) electrons. The first kappa shape index (κ1) is 14.7. The summed E-state index contributed by atoms with van der Waals surface area (Å²) in [6.07, 6.45) is 0. The summed E-state index contributed by atoms with van der Waals surface area (Å²) in [7, 11) is 0.